The van der Waals surface area contributed by atoms with E-state index in [4.69, 9.17) is 24.5 Å². The number of aliphatic hydroxyl groups is 1. The molecule has 0 bridgehead atoms. The Morgan fingerprint density at radius 2 is 1.19 bits per heavy atom. The Labute approximate surface area is 463 Å². The molecule has 10 rings (SSSR count). The fourth-order valence-electron chi connectivity index (χ4n) is 10.9. The van der Waals surface area contributed by atoms with Crippen LogP contribution >= 0.6 is 23.2 Å². The van der Waals surface area contributed by atoms with Crippen LogP contribution in [0.1, 0.15) is 126 Å². The third-order valence-corrected chi connectivity index (χ3v) is 14.3. The van der Waals surface area contributed by atoms with Crippen LogP contribution in [0.2, 0.25) is 0 Å². The van der Waals surface area contributed by atoms with Crippen LogP contribution in [0.3, 0.4) is 0 Å². The second-order valence-corrected chi connectivity index (χ2v) is 20.0. The molecule has 3 amide bonds. The van der Waals surface area contributed by atoms with Crippen LogP contribution in [-0.4, -0.2) is 85.8 Å². The minimum atomic E-state index is -0.980. The van der Waals surface area contributed by atoms with Gasteiger partial charge in [-0.2, -0.15) is 0 Å². The van der Waals surface area contributed by atoms with Crippen LogP contribution in [0.5, 0.6) is 0 Å². The first-order valence-corrected chi connectivity index (χ1v) is 25.7. The SMILES string of the molecule is COC(=O)CCC(=O)N(C1CC1)C1c2ccccc2NC2CCCC21.O=C(Cl)Cl.O=C(O)CCC(=O)N(C1CC1)C1c2ccccc2N(C(=O)OCc2ccc(F)cc2)C2CCCC21.OCc1ccc(F)cc1.[H-].[Na+]. The molecule has 0 spiro atoms. The van der Waals surface area contributed by atoms with Crippen molar-refractivity contribution < 1.29 is 88.2 Å². The number of amides is 3. The Bertz CT molecular complexity index is 2580. The third-order valence-electron chi connectivity index (χ3n) is 14.3. The Balaban J connectivity index is 0.000000226. The molecule has 6 unspecified atom stereocenters. The number of hydrogen-bond acceptors (Lipinski definition) is 10. The molecule has 74 heavy (non-hydrogen) atoms. The van der Waals surface area contributed by atoms with Crippen LogP contribution in [0.4, 0.5) is 29.7 Å². The quantitative estimate of drug-likeness (QED) is 0.0665. The van der Waals surface area contributed by atoms with Crippen LogP contribution in [0, 0.1) is 23.5 Å². The van der Waals surface area contributed by atoms with Crippen molar-refractivity contribution in [1.82, 2.24) is 9.80 Å². The van der Waals surface area contributed by atoms with E-state index < -0.39 is 16.8 Å². The topological polar surface area (TPSA) is 183 Å². The minimum absolute atomic E-state index is 0. The zero-order valence-corrected chi connectivity index (χ0v) is 45.2. The maximum atomic E-state index is 13.4. The molecule has 4 aromatic rings. The first-order chi connectivity index (χ1) is 35.2. The predicted octanol–water partition coefficient (Wildman–Crippen LogP) is 8.33. The van der Waals surface area contributed by atoms with Gasteiger partial charge < -0.3 is 36.2 Å². The summed E-state index contributed by atoms with van der Waals surface area (Å²) in [4.78, 5) is 77.0. The van der Waals surface area contributed by atoms with Gasteiger partial charge >= 0.3 is 52.3 Å². The Morgan fingerprint density at radius 3 is 1.76 bits per heavy atom. The number of methoxy groups -OCH3 is 1. The maximum absolute atomic E-state index is 13.4. The average Bonchev–Trinajstić information content (AvgIpc) is 4.31. The van der Waals surface area contributed by atoms with Crippen LogP contribution in [-0.2, 0) is 41.9 Å². The van der Waals surface area contributed by atoms with Crippen molar-refractivity contribution in [2.24, 2.45) is 11.8 Å². The van der Waals surface area contributed by atoms with Gasteiger partial charge in [0.15, 0.2) is 0 Å². The molecule has 6 aliphatic rings. The van der Waals surface area contributed by atoms with Crippen LogP contribution < -0.4 is 39.8 Å². The van der Waals surface area contributed by atoms with Crippen molar-refractivity contribution in [2.75, 3.05) is 17.3 Å². The van der Waals surface area contributed by atoms with Gasteiger partial charge in [0.05, 0.1) is 44.3 Å². The van der Waals surface area contributed by atoms with Crippen molar-refractivity contribution in [2.45, 2.75) is 139 Å². The largest absolute Gasteiger partial charge is 1.00 e. The monoisotopic (exact) mass is 1070 g/mol. The summed E-state index contributed by atoms with van der Waals surface area (Å²) in [5.41, 5.74) is 5.49. The molecule has 2 heterocycles. The van der Waals surface area contributed by atoms with E-state index in [9.17, 15) is 32.8 Å². The molecule has 0 saturated heterocycles. The number of rotatable bonds is 13. The third kappa shape index (κ3) is 15.3. The predicted molar refractivity (Wildman–Crippen MR) is 272 cm³/mol. The van der Waals surface area contributed by atoms with Gasteiger partial charge in [-0.05, 0) is 133 Å². The number of carboxylic acids is 1. The van der Waals surface area contributed by atoms with Crippen molar-refractivity contribution in [1.29, 1.82) is 0 Å². The van der Waals surface area contributed by atoms with Crippen molar-refractivity contribution in [3.05, 3.63) is 131 Å². The Kier molecular flexibility index (Phi) is 21.7. The van der Waals surface area contributed by atoms with Crippen molar-refractivity contribution >= 4 is 69.1 Å². The van der Waals surface area contributed by atoms with Gasteiger partial charge in [-0.15, -0.1) is 0 Å². The number of hydrogen-bond donors (Lipinski definition) is 3. The zero-order valence-electron chi connectivity index (χ0n) is 42.7. The summed E-state index contributed by atoms with van der Waals surface area (Å²) in [6.45, 7) is 0.0146. The van der Waals surface area contributed by atoms with Crippen molar-refractivity contribution in [3.63, 3.8) is 0 Å². The molecule has 4 saturated carbocycles. The van der Waals surface area contributed by atoms with Gasteiger partial charge in [-0.25, -0.2) is 13.6 Å². The molecule has 3 N–H and O–H groups in total. The molecule has 392 valence electrons. The smallest absolute Gasteiger partial charge is 1.00 e. The van der Waals surface area contributed by atoms with Gasteiger partial charge in [0, 0.05) is 54.5 Å². The number of halogens is 4. The molecule has 4 aromatic carbocycles. The van der Waals surface area contributed by atoms with Gasteiger partial charge in [0.2, 0.25) is 11.8 Å². The minimum Gasteiger partial charge on any atom is -1.00 e. The average molecular weight is 1070 g/mol. The Hall–Kier alpha value is -5.10. The second kappa shape index (κ2) is 27.6. The van der Waals surface area contributed by atoms with E-state index in [2.05, 4.69) is 57.7 Å². The molecule has 4 fully saturated rings. The fraction of sp³-hybridized carbons (Fsp3) is 0.455. The molecular weight excluding hydrogens is 1010 g/mol. The number of benzene rings is 4. The normalized spacial score (nSPS) is 21.4. The van der Waals surface area contributed by atoms with Crippen molar-refractivity contribution in [3.8, 4) is 0 Å². The number of para-hydroxylation sites is 2. The number of esters is 1. The number of ether oxygens (including phenoxy) is 2. The van der Waals surface area contributed by atoms with E-state index >= 15 is 0 Å². The summed E-state index contributed by atoms with van der Waals surface area (Å²) in [5.74, 6) is -1.42. The first-order valence-electron chi connectivity index (χ1n) is 24.9. The molecule has 19 heteroatoms. The standard InChI is InChI=1S/C27H29FN2O5.C20H26N2O3.C7H7FO.CCl2O.Na.H/c28-18-10-8-17(9-11-18)16-35-27(34)30-22-6-2-1-4-20(22)26(21-5-3-7-23(21)30)29(19-12-13-19)24(31)14-15-25(32)33;1-25-19(24)12-11-18(23)22(13-9-10-13)20-14-5-2-3-7-16(14)21-17-8-4-6-15(17)20;8-7-3-1-6(5-9)2-4-7;2-1(3)4;;/h1-2,4,6,8-11,19,21,23,26H,3,5,7,12-16H2,(H,32,33);2-3,5,7,13,15,17,20-21H,4,6,8-12H2,1H3;1-4,9H,5H2;;;/q;;;;+1;-1. The van der Waals surface area contributed by atoms with Crippen LogP contribution in [0.15, 0.2) is 97.1 Å². The summed E-state index contributed by atoms with van der Waals surface area (Å²) < 4.78 is 34.8. The van der Waals surface area contributed by atoms with Gasteiger partial charge in [-0.3, -0.25) is 28.9 Å². The van der Waals surface area contributed by atoms with E-state index in [1.807, 2.05) is 29.2 Å². The van der Waals surface area contributed by atoms with E-state index in [0.717, 1.165) is 68.2 Å². The Morgan fingerprint density at radius 1 is 0.676 bits per heavy atom. The molecule has 2 aliphatic heterocycles. The van der Waals surface area contributed by atoms with E-state index in [1.165, 1.54) is 55.5 Å². The summed E-state index contributed by atoms with van der Waals surface area (Å²) >= 11 is 8.80. The van der Waals surface area contributed by atoms with Gasteiger partial charge in [0.1, 0.15) is 18.2 Å². The summed E-state index contributed by atoms with van der Waals surface area (Å²) in [6, 6.07) is 28.4. The molecule has 6 atom stereocenters. The maximum Gasteiger partial charge on any atom is 1.00 e. The van der Waals surface area contributed by atoms with E-state index in [-0.39, 0.29) is 129 Å². The van der Waals surface area contributed by atoms with Gasteiger partial charge in [0.25, 0.3) is 0 Å². The fourth-order valence-corrected chi connectivity index (χ4v) is 10.9. The number of carboxylic acid groups (broad SMARTS) is 1. The number of aliphatic hydroxyl groups excluding tert-OH is 1. The number of fused-ring (bicyclic) bond motifs is 4. The first kappa shape index (κ1) is 58.2. The second-order valence-electron chi connectivity index (χ2n) is 19.1. The number of aliphatic carboxylic acids is 1. The number of nitrogens with zero attached hydrogens (tertiary/aromatic N) is 3. The van der Waals surface area contributed by atoms with Gasteiger partial charge in [-0.1, -0.05) is 73.5 Å². The molecular formula is C55H63Cl2F2N4NaO10. The number of carbonyl (C=O) groups excluding carboxylic acids is 5. The molecule has 0 radical (unpaired) electrons. The van der Waals surface area contributed by atoms with Crippen LogP contribution in [0.25, 0.3) is 0 Å². The molecule has 4 aliphatic carbocycles. The van der Waals surface area contributed by atoms with E-state index in [1.54, 1.807) is 29.2 Å². The zero-order chi connectivity index (χ0) is 52.2. The number of nitrogens with one attached hydrogen (secondary N) is 1. The number of anilines is 2. The molecule has 14 nitrogen and oxygen atoms in total. The van der Waals surface area contributed by atoms with E-state index in [0.29, 0.717) is 23.6 Å². The molecule has 0 aromatic heterocycles. The summed E-state index contributed by atoms with van der Waals surface area (Å²) in [7, 11) is 1.37. The summed E-state index contributed by atoms with van der Waals surface area (Å²) in [6.07, 6.45) is 9.89. The number of carbonyl (C=O) groups is 6. The summed E-state index contributed by atoms with van der Waals surface area (Å²) in [5, 5.41) is 21.3.